The van der Waals surface area contributed by atoms with Crippen LogP contribution in [-0.2, 0) is 10.8 Å². The lowest BCUT2D eigenvalue weighted by Gasteiger charge is -2.42. The molecule has 0 spiro atoms. The second-order valence-corrected chi connectivity index (χ2v) is 14.5. The molecule has 25 heavy (non-hydrogen) atoms. The molecule has 2 nitrogen and oxygen atoms in total. The average Bonchev–Trinajstić information content (AvgIpc) is 3.14. The molecule has 0 fully saturated rings. The first-order valence-electron chi connectivity index (χ1n) is 10.1. The van der Waals surface area contributed by atoms with Crippen molar-refractivity contribution >= 4 is 8.32 Å². The highest BCUT2D eigenvalue weighted by molar-refractivity contribution is 6.77. The van der Waals surface area contributed by atoms with Gasteiger partial charge in [-0.1, -0.05) is 48.5 Å². The second kappa shape index (κ2) is 8.16. The Balaban J connectivity index is 2.03. The van der Waals surface area contributed by atoms with E-state index in [2.05, 4.69) is 60.6 Å². The predicted molar refractivity (Wildman–Crippen MR) is 109 cm³/mol. The molecule has 1 aliphatic carbocycles. The minimum absolute atomic E-state index is 0.296. The molecule has 1 atom stereocenters. The van der Waals surface area contributed by atoms with Gasteiger partial charge in [-0.15, -0.1) is 0 Å². The molecule has 0 aliphatic heterocycles. The summed E-state index contributed by atoms with van der Waals surface area (Å²) in [6.07, 6.45) is 12.0. The van der Waals surface area contributed by atoms with Gasteiger partial charge in [-0.2, -0.15) is 0 Å². The van der Waals surface area contributed by atoms with E-state index in [4.69, 9.17) is 8.84 Å². The molecule has 0 saturated carbocycles. The zero-order valence-electron chi connectivity index (χ0n) is 17.4. The molecule has 3 heteroatoms. The molecule has 0 saturated heterocycles. The number of allylic oxidation sites excluding steroid dienone is 2. The molecule has 0 unspecified atom stereocenters. The van der Waals surface area contributed by atoms with Gasteiger partial charge in [0.2, 0.25) is 0 Å². The highest BCUT2D eigenvalue weighted by Crippen LogP contribution is 2.47. The molecule has 0 radical (unpaired) electrons. The summed E-state index contributed by atoms with van der Waals surface area (Å²) in [5.74, 6) is 1.29. The molecule has 142 valence electrons. The molecule has 1 aromatic rings. The van der Waals surface area contributed by atoms with Crippen molar-refractivity contribution in [2.24, 2.45) is 5.41 Å². The normalized spacial score (nSPS) is 21.4. The van der Waals surface area contributed by atoms with Crippen LogP contribution in [0.2, 0.25) is 16.6 Å². The van der Waals surface area contributed by atoms with Crippen molar-refractivity contribution in [3.63, 3.8) is 0 Å². The van der Waals surface area contributed by atoms with E-state index in [0.717, 1.165) is 12.8 Å². The highest BCUT2D eigenvalue weighted by Gasteiger charge is 2.48. The van der Waals surface area contributed by atoms with Crippen LogP contribution in [0.1, 0.15) is 79.7 Å². The average molecular weight is 363 g/mol. The lowest BCUT2D eigenvalue weighted by Crippen LogP contribution is -2.47. The molecule has 0 bridgehead atoms. The van der Waals surface area contributed by atoms with Crippen LogP contribution in [0.15, 0.2) is 34.8 Å². The molecule has 0 aromatic carbocycles. The fourth-order valence-corrected chi connectivity index (χ4v) is 10.3. The number of furan rings is 1. The van der Waals surface area contributed by atoms with E-state index in [0.29, 0.717) is 22.0 Å². The fourth-order valence-electron chi connectivity index (χ4n) is 4.93. The van der Waals surface area contributed by atoms with Crippen molar-refractivity contribution in [3.8, 4) is 0 Å². The lowest BCUT2D eigenvalue weighted by molar-refractivity contribution is 0.354. The molecule has 1 heterocycles. The monoisotopic (exact) mass is 362 g/mol. The number of hydrogen-bond acceptors (Lipinski definition) is 2. The molecule has 0 amide bonds. The molecular formula is C22H38O2Si. The Kier molecular flexibility index (Phi) is 6.64. The van der Waals surface area contributed by atoms with E-state index in [9.17, 15) is 0 Å². The van der Waals surface area contributed by atoms with Gasteiger partial charge in [0.25, 0.3) is 8.32 Å². The Bertz CT molecular complexity index is 535. The molecule has 2 rings (SSSR count). The summed E-state index contributed by atoms with van der Waals surface area (Å²) in [4.78, 5) is 0. The third-order valence-electron chi connectivity index (χ3n) is 6.26. The van der Waals surface area contributed by atoms with Gasteiger partial charge >= 0.3 is 0 Å². The smallest absolute Gasteiger partial charge is 0.258 e. The largest absolute Gasteiger partial charge is 0.546 e. The molecular weight excluding hydrogens is 324 g/mol. The quantitative estimate of drug-likeness (QED) is 0.425. The standard InChI is InChI=1S/C22H38O2Si/c1-17(2)25(18(3)4,19(5)6)24-21-10-13-22(7,15-21)12-8-9-20-11-14-23-16-20/h11,14-19H,8-10,12-13H2,1-7H3/t22-/m0/s1. The summed E-state index contributed by atoms with van der Waals surface area (Å²) in [5, 5.41) is 0. The van der Waals surface area contributed by atoms with Gasteiger partial charge in [0.05, 0.1) is 18.3 Å². The maximum atomic E-state index is 6.92. The zero-order valence-corrected chi connectivity index (χ0v) is 18.4. The van der Waals surface area contributed by atoms with Crippen LogP contribution < -0.4 is 0 Å². The number of hydrogen-bond donors (Lipinski definition) is 0. The minimum atomic E-state index is -1.81. The number of rotatable bonds is 9. The first-order chi connectivity index (χ1) is 11.7. The van der Waals surface area contributed by atoms with Crippen molar-refractivity contribution in [1.29, 1.82) is 0 Å². The summed E-state index contributed by atoms with van der Waals surface area (Å²) >= 11 is 0. The van der Waals surface area contributed by atoms with Crippen LogP contribution in [0.25, 0.3) is 0 Å². The predicted octanol–water partition coefficient (Wildman–Crippen LogP) is 7.48. The first kappa shape index (κ1) is 20.4. The number of aryl methyl sites for hydroxylation is 1. The second-order valence-electron chi connectivity index (χ2n) is 9.17. The Labute approximate surface area is 156 Å². The van der Waals surface area contributed by atoms with E-state index in [1.54, 1.807) is 6.26 Å². The van der Waals surface area contributed by atoms with Crippen LogP contribution >= 0.6 is 0 Å². The van der Waals surface area contributed by atoms with E-state index >= 15 is 0 Å². The van der Waals surface area contributed by atoms with Crippen LogP contribution in [0.4, 0.5) is 0 Å². The van der Waals surface area contributed by atoms with Gasteiger partial charge < -0.3 is 8.84 Å². The van der Waals surface area contributed by atoms with Crippen molar-refractivity contribution in [3.05, 3.63) is 36.0 Å². The van der Waals surface area contributed by atoms with E-state index < -0.39 is 8.32 Å². The minimum Gasteiger partial charge on any atom is -0.546 e. The molecule has 1 aliphatic rings. The van der Waals surface area contributed by atoms with Crippen LogP contribution in [0.3, 0.4) is 0 Å². The van der Waals surface area contributed by atoms with Gasteiger partial charge in [-0.05, 0) is 65.4 Å². The van der Waals surface area contributed by atoms with Crippen LogP contribution in [0.5, 0.6) is 0 Å². The Morgan fingerprint density at radius 2 is 1.76 bits per heavy atom. The summed E-state index contributed by atoms with van der Waals surface area (Å²) in [5.41, 5.74) is 3.53. The van der Waals surface area contributed by atoms with Gasteiger partial charge in [0, 0.05) is 6.42 Å². The van der Waals surface area contributed by atoms with Gasteiger partial charge in [0.15, 0.2) is 0 Å². The van der Waals surface area contributed by atoms with E-state index in [1.165, 1.54) is 30.6 Å². The van der Waals surface area contributed by atoms with Crippen LogP contribution in [0, 0.1) is 5.41 Å². The third kappa shape index (κ3) is 4.61. The Morgan fingerprint density at radius 3 is 2.28 bits per heavy atom. The van der Waals surface area contributed by atoms with Crippen molar-refractivity contribution in [2.75, 3.05) is 0 Å². The Morgan fingerprint density at radius 1 is 1.12 bits per heavy atom. The first-order valence-corrected chi connectivity index (χ1v) is 12.3. The van der Waals surface area contributed by atoms with Gasteiger partial charge in [-0.25, -0.2) is 0 Å². The van der Waals surface area contributed by atoms with E-state index in [-0.39, 0.29) is 0 Å². The summed E-state index contributed by atoms with van der Waals surface area (Å²) < 4.78 is 12.1. The molecule has 0 N–H and O–H groups in total. The van der Waals surface area contributed by atoms with Gasteiger partial charge in [0.1, 0.15) is 0 Å². The third-order valence-corrected chi connectivity index (χ3v) is 12.3. The fraction of sp³-hybridized carbons (Fsp3) is 0.727. The van der Waals surface area contributed by atoms with Crippen molar-refractivity contribution in [1.82, 2.24) is 0 Å². The Hall–Kier alpha value is -0.963. The van der Waals surface area contributed by atoms with E-state index in [1.807, 2.05) is 6.26 Å². The topological polar surface area (TPSA) is 22.4 Å². The van der Waals surface area contributed by atoms with Crippen molar-refractivity contribution < 1.29 is 8.84 Å². The maximum absolute atomic E-state index is 6.92. The lowest BCUT2D eigenvalue weighted by atomic mass is 9.84. The van der Waals surface area contributed by atoms with Gasteiger partial charge in [-0.3, -0.25) is 0 Å². The highest BCUT2D eigenvalue weighted by atomic mass is 28.4. The SMILES string of the molecule is CC(C)[Si](OC1=C[C@@](C)(CCCc2ccoc2)CC1)(C(C)C)C(C)C. The van der Waals surface area contributed by atoms with Crippen LogP contribution in [-0.4, -0.2) is 8.32 Å². The summed E-state index contributed by atoms with van der Waals surface area (Å²) in [7, 11) is -1.81. The summed E-state index contributed by atoms with van der Waals surface area (Å²) in [6.45, 7) is 16.6. The maximum Gasteiger partial charge on any atom is 0.258 e. The molecule has 1 aromatic heterocycles. The zero-order chi connectivity index (χ0) is 18.7. The summed E-state index contributed by atoms with van der Waals surface area (Å²) in [6, 6.07) is 2.08. The van der Waals surface area contributed by atoms with Crippen molar-refractivity contribution in [2.45, 2.75) is 97.2 Å².